The van der Waals surface area contributed by atoms with Crippen molar-refractivity contribution in [3.63, 3.8) is 0 Å². The molecule has 2 heteroatoms. The monoisotopic (exact) mass is 294 g/mol. The molecule has 2 nitrogen and oxygen atoms in total. The molecule has 0 unspecified atom stereocenters. The first-order chi connectivity index (χ1) is 10.4. The van der Waals surface area contributed by atoms with Crippen molar-refractivity contribution in [3.8, 4) is 11.5 Å². The lowest BCUT2D eigenvalue weighted by molar-refractivity contribution is 0.560. The molecule has 0 spiro atoms. The van der Waals surface area contributed by atoms with Gasteiger partial charge in [-0.05, 0) is 35.1 Å². The van der Waals surface area contributed by atoms with Gasteiger partial charge in [-0.1, -0.05) is 58.9 Å². The van der Waals surface area contributed by atoms with Gasteiger partial charge in [0.2, 0.25) is 5.89 Å². The summed E-state index contributed by atoms with van der Waals surface area (Å²) in [7, 11) is 0. The van der Waals surface area contributed by atoms with Gasteiger partial charge in [0.15, 0.2) is 5.58 Å². The number of benzene rings is 2. The number of hydrogen-bond acceptors (Lipinski definition) is 2. The first-order valence-electron chi connectivity index (χ1n) is 7.86. The molecule has 114 valence electrons. The number of aromatic nitrogens is 1. The molecular weight excluding hydrogens is 271 g/mol. The van der Waals surface area contributed by atoms with E-state index >= 15 is 0 Å². The number of oxazole rings is 1. The summed E-state index contributed by atoms with van der Waals surface area (Å²) in [5, 5.41) is 0. The second-order valence-corrected chi connectivity index (χ2v) is 7.21. The molecule has 1 heterocycles. The van der Waals surface area contributed by atoms with Crippen LogP contribution in [-0.4, -0.2) is 4.98 Å². The van der Waals surface area contributed by atoms with Crippen LogP contribution in [0.25, 0.3) is 22.6 Å². The largest absolute Gasteiger partial charge is 0.436 e. The highest BCUT2D eigenvalue weighted by atomic mass is 16.4. The SMILES string of the molecule is CC(C)c1cc(C(C)(C)C)c2o[13c](-c3ccccc3)nc2c1. The molecule has 3 aromatic rings. The molecule has 22 heavy (non-hydrogen) atoms. The van der Waals surface area contributed by atoms with Crippen LogP contribution in [0.15, 0.2) is 46.9 Å². The van der Waals surface area contributed by atoms with Crippen molar-refractivity contribution in [2.75, 3.05) is 0 Å². The number of hydrogen-bond donors (Lipinski definition) is 0. The lowest BCUT2D eigenvalue weighted by atomic mass is 9.84. The predicted octanol–water partition coefficient (Wildman–Crippen LogP) is 5.92. The van der Waals surface area contributed by atoms with Crippen LogP contribution in [-0.2, 0) is 5.41 Å². The van der Waals surface area contributed by atoms with Gasteiger partial charge in [-0.25, -0.2) is 4.98 Å². The third kappa shape index (κ3) is 2.66. The van der Waals surface area contributed by atoms with Gasteiger partial charge in [-0.3, -0.25) is 0 Å². The Morgan fingerprint density at radius 2 is 1.68 bits per heavy atom. The molecule has 0 aliphatic carbocycles. The first-order valence-corrected chi connectivity index (χ1v) is 7.86. The Morgan fingerprint density at radius 1 is 1.00 bits per heavy atom. The smallest absolute Gasteiger partial charge is 0.227 e. The quantitative estimate of drug-likeness (QED) is 0.586. The van der Waals surface area contributed by atoms with Crippen LogP contribution < -0.4 is 0 Å². The lowest BCUT2D eigenvalue weighted by Gasteiger charge is -2.20. The summed E-state index contributed by atoms with van der Waals surface area (Å²) in [6, 6.07) is 14.5. The zero-order valence-corrected chi connectivity index (χ0v) is 14.0. The van der Waals surface area contributed by atoms with E-state index in [-0.39, 0.29) is 5.41 Å². The Balaban J connectivity index is 2.26. The highest BCUT2D eigenvalue weighted by Gasteiger charge is 2.22. The standard InChI is InChI=1S/C20H23NO/c1-13(2)15-11-16(20(3,4)5)18-17(12-15)21-19(22-18)14-9-7-6-8-10-14/h6-13H,1-5H3/i19+1. The van der Waals surface area contributed by atoms with Gasteiger partial charge in [0.25, 0.3) is 0 Å². The van der Waals surface area contributed by atoms with E-state index in [0.717, 1.165) is 16.7 Å². The normalized spacial score (nSPS) is 12.3. The average molecular weight is 294 g/mol. The van der Waals surface area contributed by atoms with Crippen molar-refractivity contribution in [2.24, 2.45) is 0 Å². The molecule has 0 bridgehead atoms. The third-order valence-electron chi connectivity index (χ3n) is 4.01. The minimum absolute atomic E-state index is 0.0244. The van der Waals surface area contributed by atoms with E-state index in [1.807, 2.05) is 30.3 Å². The number of fused-ring (bicyclic) bond motifs is 1. The number of rotatable bonds is 2. The summed E-state index contributed by atoms with van der Waals surface area (Å²) in [6.07, 6.45) is 0. The summed E-state index contributed by atoms with van der Waals surface area (Å²) >= 11 is 0. The Labute approximate surface area is 132 Å². The molecule has 0 amide bonds. The fourth-order valence-corrected chi connectivity index (χ4v) is 2.65. The minimum Gasteiger partial charge on any atom is -0.436 e. The Kier molecular flexibility index (Phi) is 3.56. The van der Waals surface area contributed by atoms with Gasteiger partial charge in [-0.15, -0.1) is 0 Å². The fraction of sp³-hybridized carbons (Fsp3) is 0.350. The first kappa shape index (κ1) is 14.8. The highest BCUT2D eigenvalue weighted by molar-refractivity contribution is 5.81. The summed E-state index contributed by atoms with van der Waals surface area (Å²) in [4.78, 5) is 4.73. The molecule has 0 N–H and O–H groups in total. The van der Waals surface area contributed by atoms with E-state index in [1.54, 1.807) is 0 Å². The van der Waals surface area contributed by atoms with Crippen LogP contribution in [0.5, 0.6) is 0 Å². The fourth-order valence-electron chi connectivity index (χ4n) is 2.65. The summed E-state index contributed by atoms with van der Waals surface area (Å²) in [6.45, 7) is 11.1. The highest BCUT2D eigenvalue weighted by Crippen LogP contribution is 2.35. The van der Waals surface area contributed by atoms with Gasteiger partial charge in [0.05, 0.1) is 0 Å². The Morgan fingerprint density at radius 3 is 2.27 bits per heavy atom. The van der Waals surface area contributed by atoms with Crippen molar-refractivity contribution < 1.29 is 4.42 Å². The third-order valence-corrected chi connectivity index (χ3v) is 4.01. The van der Waals surface area contributed by atoms with Gasteiger partial charge < -0.3 is 4.42 Å². The van der Waals surface area contributed by atoms with E-state index in [4.69, 9.17) is 9.40 Å². The zero-order chi connectivity index (χ0) is 15.9. The zero-order valence-electron chi connectivity index (χ0n) is 14.0. The number of nitrogens with zero attached hydrogens (tertiary/aromatic N) is 1. The van der Waals surface area contributed by atoms with Gasteiger partial charge in [0, 0.05) is 11.1 Å². The molecule has 0 atom stereocenters. The van der Waals surface area contributed by atoms with Crippen LogP contribution in [0.3, 0.4) is 0 Å². The maximum absolute atomic E-state index is 6.14. The van der Waals surface area contributed by atoms with E-state index in [0.29, 0.717) is 11.8 Å². The summed E-state index contributed by atoms with van der Waals surface area (Å²) < 4.78 is 6.14. The molecule has 0 aliphatic rings. The van der Waals surface area contributed by atoms with Crippen molar-refractivity contribution in [1.82, 2.24) is 4.98 Å². The Hall–Kier alpha value is -2.09. The molecule has 1 aromatic heterocycles. The van der Waals surface area contributed by atoms with Crippen LogP contribution >= 0.6 is 0 Å². The minimum atomic E-state index is 0.0244. The van der Waals surface area contributed by atoms with Crippen molar-refractivity contribution in [2.45, 2.75) is 46.0 Å². The van der Waals surface area contributed by atoms with Crippen LogP contribution in [0.1, 0.15) is 51.7 Å². The molecule has 0 radical (unpaired) electrons. The summed E-state index contributed by atoms with van der Waals surface area (Å²) in [5.41, 5.74) is 5.44. The second-order valence-electron chi connectivity index (χ2n) is 7.21. The molecule has 0 fully saturated rings. The maximum atomic E-state index is 6.14. The van der Waals surface area contributed by atoms with Crippen LogP contribution in [0.4, 0.5) is 0 Å². The van der Waals surface area contributed by atoms with Gasteiger partial charge >= 0.3 is 0 Å². The van der Waals surface area contributed by atoms with Gasteiger partial charge in [0.1, 0.15) is 5.52 Å². The van der Waals surface area contributed by atoms with Crippen LogP contribution in [0.2, 0.25) is 0 Å². The molecule has 0 saturated carbocycles. The van der Waals surface area contributed by atoms with E-state index in [9.17, 15) is 0 Å². The van der Waals surface area contributed by atoms with E-state index in [2.05, 4.69) is 46.8 Å². The van der Waals surface area contributed by atoms with Crippen molar-refractivity contribution in [3.05, 3.63) is 53.6 Å². The lowest BCUT2D eigenvalue weighted by Crippen LogP contribution is -2.12. The predicted molar refractivity (Wildman–Crippen MR) is 92.2 cm³/mol. The average Bonchev–Trinajstić information content (AvgIpc) is 2.89. The Bertz CT molecular complexity index is 792. The topological polar surface area (TPSA) is 26.0 Å². The van der Waals surface area contributed by atoms with Crippen LogP contribution in [0, 0.1) is 0 Å². The molecule has 0 saturated heterocycles. The van der Waals surface area contributed by atoms with E-state index < -0.39 is 0 Å². The van der Waals surface area contributed by atoms with E-state index in [1.165, 1.54) is 11.1 Å². The molecule has 0 aliphatic heterocycles. The molecule has 2 aromatic carbocycles. The molecule has 3 rings (SSSR count). The second kappa shape index (κ2) is 5.28. The van der Waals surface area contributed by atoms with Gasteiger partial charge in [-0.2, -0.15) is 0 Å². The van der Waals surface area contributed by atoms with Crippen molar-refractivity contribution in [1.29, 1.82) is 0 Å². The molecular formula is C20H23NO. The maximum Gasteiger partial charge on any atom is 0.227 e. The van der Waals surface area contributed by atoms with Crippen molar-refractivity contribution >= 4 is 11.1 Å². The summed E-state index contributed by atoms with van der Waals surface area (Å²) in [5.74, 6) is 1.17.